The number of nitrogens with zero attached hydrogens (tertiary/aromatic N) is 1. The highest BCUT2D eigenvalue weighted by molar-refractivity contribution is 9.10. The summed E-state index contributed by atoms with van der Waals surface area (Å²) >= 11 is 12.6. The third-order valence-electron chi connectivity index (χ3n) is 2.13. The topological polar surface area (TPSA) is 20.3 Å². The molecular weight excluding hydrogens is 357 g/mol. The first-order valence-electron chi connectivity index (χ1n) is 4.89. The number of hydrogen-bond acceptors (Lipinski definition) is 1. The minimum Gasteiger partial charge on any atom is -0.338 e. The van der Waals surface area contributed by atoms with Crippen molar-refractivity contribution in [3.8, 4) is 0 Å². The SMILES string of the molecule is CCN(CCBr)C(=O)c1cc(Cl)cc(Br)c1. The predicted octanol–water partition coefficient (Wildman–Crippen LogP) is 3.96. The van der Waals surface area contributed by atoms with Crippen molar-refractivity contribution in [1.82, 2.24) is 4.90 Å². The van der Waals surface area contributed by atoms with Gasteiger partial charge in [0.1, 0.15) is 0 Å². The van der Waals surface area contributed by atoms with Gasteiger partial charge in [-0.05, 0) is 25.1 Å². The van der Waals surface area contributed by atoms with Gasteiger partial charge in [-0.15, -0.1) is 0 Å². The van der Waals surface area contributed by atoms with Crippen LogP contribution in [0, 0.1) is 0 Å². The second-order valence-electron chi connectivity index (χ2n) is 3.23. The van der Waals surface area contributed by atoms with Gasteiger partial charge in [-0.2, -0.15) is 0 Å². The van der Waals surface area contributed by atoms with E-state index < -0.39 is 0 Å². The molecular formula is C11H12Br2ClNO. The quantitative estimate of drug-likeness (QED) is 0.736. The monoisotopic (exact) mass is 367 g/mol. The zero-order valence-electron chi connectivity index (χ0n) is 8.84. The standard InChI is InChI=1S/C11H12Br2ClNO/c1-2-15(4-3-12)11(16)8-5-9(13)7-10(14)6-8/h5-7H,2-4H2,1H3. The number of halogens is 3. The van der Waals surface area contributed by atoms with E-state index >= 15 is 0 Å². The fraction of sp³-hybridized carbons (Fsp3) is 0.364. The van der Waals surface area contributed by atoms with Crippen LogP contribution in [-0.2, 0) is 0 Å². The van der Waals surface area contributed by atoms with Gasteiger partial charge in [0.25, 0.3) is 5.91 Å². The average molecular weight is 369 g/mol. The molecule has 0 aromatic heterocycles. The summed E-state index contributed by atoms with van der Waals surface area (Å²) < 4.78 is 0.818. The predicted molar refractivity (Wildman–Crippen MR) is 74.5 cm³/mol. The van der Waals surface area contributed by atoms with Crippen molar-refractivity contribution >= 4 is 49.4 Å². The van der Waals surface area contributed by atoms with Crippen molar-refractivity contribution in [2.45, 2.75) is 6.92 Å². The van der Waals surface area contributed by atoms with Crippen LogP contribution < -0.4 is 0 Å². The summed E-state index contributed by atoms with van der Waals surface area (Å²) in [6, 6.07) is 5.23. The second-order valence-corrected chi connectivity index (χ2v) is 5.38. The summed E-state index contributed by atoms with van der Waals surface area (Å²) in [4.78, 5) is 13.9. The average Bonchev–Trinajstić information content (AvgIpc) is 2.23. The number of carbonyl (C=O) groups is 1. The zero-order valence-corrected chi connectivity index (χ0v) is 12.8. The third-order valence-corrected chi connectivity index (χ3v) is 3.16. The highest BCUT2D eigenvalue weighted by Crippen LogP contribution is 2.20. The van der Waals surface area contributed by atoms with Crippen LogP contribution in [0.4, 0.5) is 0 Å². The van der Waals surface area contributed by atoms with Gasteiger partial charge < -0.3 is 4.90 Å². The molecule has 5 heteroatoms. The first-order valence-corrected chi connectivity index (χ1v) is 7.19. The number of rotatable bonds is 4. The fourth-order valence-electron chi connectivity index (χ4n) is 1.37. The van der Waals surface area contributed by atoms with Crippen LogP contribution in [0.3, 0.4) is 0 Å². The molecule has 1 rings (SSSR count). The van der Waals surface area contributed by atoms with Crippen molar-refractivity contribution in [2.75, 3.05) is 18.4 Å². The van der Waals surface area contributed by atoms with E-state index in [0.717, 1.165) is 9.80 Å². The Labute approximate surface area is 117 Å². The minimum absolute atomic E-state index is 0.00477. The summed E-state index contributed by atoms with van der Waals surface area (Å²) in [6.45, 7) is 3.34. The number of carbonyl (C=O) groups excluding carboxylic acids is 1. The Hall–Kier alpha value is -0.0600. The lowest BCUT2D eigenvalue weighted by atomic mass is 10.2. The van der Waals surface area contributed by atoms with Gasteiger partial charge >= 0.3 is 0 Å². The van der Waals surface area contributed by atoms with Gasteiger partial charge in [-0.3, -0.25) is 4.79 Å². The normalized spacial score (nSPS) is 10.2. The zero-order chi connectivity index (χ0) is 12.1. The second kappa shape index (κ2) is 6.62. The number of benzene rings is 1. The summed E-state index contributed by atoms with van der Waals surface area (Å²) in [5.41, 5.74) is 0.613. The lowest BCUT2D eigenvalue weighted by Gasteiger charge is -2.19. The Kier molecular flexibility index (Phi) is 5.79. The van der Waals surface area contributed by atoms with Crippen molar-refractivity contribution in [3.63, 3.8) is 0 Å². The maximum Gasteiger partial charge on any atom is 0.253 e. The van der Waals surface area contributed by atoms with E-state index in [1.165, 1.54) is 0 Å². The molecule has 0 atom stereocenters. The molecule has 0 aliphatic heterocycles. The molecule has 0 heterocycles. The molecule has 16 heavy (non-hydrogen) atoms. The maximum absolute atomic E-state index is 12.1. The lowest BCUT2D eigenvalue weighted by Crippen LogP contribution is -2.32. The van der Waals surface area contributed by atoms with Gasteiger partial charge in [-0.25, -0.2) is 0 Å². The summed E-state index contributed by atoms with van der Waals surface area (Å²) in [6.07, 6.45) is 0. The molecule has 0 radical (unpaired) electrons. The largest absolute Gasteiger partial charge is 0.338 e. The Balaban J connectivity index is 2.94. The van der Waals surface area contributed by atoms with Crippen LogP contribution in [0.5, 0.6) is 0 Å². The molecule has 0 aliphatic rings. The Morgan fingerprint density at radius 3 is 2.62 bits per heavy atom. The Bertz CT molecular complexity index is 364. The van der Waals surface area contributed by atoms with Crippen LogP contribution in [-0.4, -0.2) is 29.2 Å². The minimum atomic E-state index is 0.00477. The van der Waals surface area contributed by atoms with Gasteiger partial charge in [0.2, 0.25) is 0 Å². The summed E-state index contributed by atoms with van der Waals surface area (Å²) in [5.74, 6) is 0.00477. The highest BCUT2D eigenvalue weighted by atomic mass is 79.9. The van der Waals surface area contributed by atoms with Crippen molar-refractivity contribution < 1.29 is 4.79 Å². The molecule has 0 unspecified atom stereocenters. The van der Waals surface area contributed by atoms with Crippen LogP contribution >= 0.6 is 43.5 Å². The fourth-order valence-corrected chi connectivity index (χ4v) is 2.65. The molecule has 88 valence electrons. The highest BCUT2D eigenvalue weighted by Gasteiger charge is 2.14. The molecule has 0 N–H and O–H groups in total. The number of hydrogen-bond donors (Lipinski definition) is 0. The first-order chi connectivity index (χ1) is 7.58. The third kappa shape index (κ3) is 3.75. The smallest absolute Gasteiger partial charge is 0.253 e. The summed E-state index contributed by atoms with van der Waals surface area (Å²) in [5, 5.41) is 1.33. The van der Waals surface area contributed by atoms with Crippen molar-refractivity contribution in [1.29, 1.82) is 0 Å². The maximum atomic E-state index is 12.1. The number of alkyl halides is 1. The van der Waals surface area contributed by atoms with Gasteiger partial charge in [-0.1, -0.05) is 43.5 Å². The van der Waals surface area contributed by atoms with Gasteiger partial charge in [0, 0.05) is 33.5 Å². The van der Waals surface area contributed by atoms with Crippen LogP contribution in [0.25, 0.3) is 0 Å². The summed E-state index contributed by atoms with van der Waals surface area (Å²) in [7, 11) is 0. The molecule has 0 spiro atoms. The van der Waals surface area contributed by atoms with E-state index in [1.54, 1.807) is 23.1 Å². The van der Waals surface area contributed by atoms with Crippen LogP contribution in [0.2, 0.25) is 5.02 Å². The van der Waals surface area contributed by atoms with Crippen LogP contribution in [0.15, 0.2) is 22.7 Å². The van der Waals surface area contributed by atoms with E-state index in [2.05, 4.69) is 31.9 Å². The number of amides is 1. The van der Waals surface area contributed by atoms with Gasteiger partial charge in [0.05, 0.1) is 0 Å². The van der Waals surface area contributed by atoms with E-state index in [-0.39, 0.29) is 5.91 Å². The molecule has 0 fully saturated rings. The molecule has 0 aliphatic carbocycles. The van der Waals surface area contributed by atoms with Crippen LogP contribution in [0.1, 0.15) is 17.3 Å². The lowest BCUT2D eigenvalue weighted by molar-refractivity contribution is 0.0775. The van der Waals surface area contributed by atoms with Crippen molar-refractivity contribution in [2.24, 2.45) is 0 Å². The molecule has 0 saturated heterocycles. The molecule has 0 bridgehead atoms. The first kappa shape index (κ1) is 14.0. The molecule has 1 aromatic carbocycles. The Morgan fingerprint density at radius 2 is 2.12 bits per heavy atom. The Morgan fingerprint density at radius 1 is 1.44 bits per heavy atom. The molecule has 1 aromatic rings. The molecule has 2 nitrogen and oxygen atoms in total. The van der Waals surface area contributed by atoms with E-state index in [4.69, 9.17) is 11.6 Å². The van der Waals surface area contributed by atoms with E-state index in [1.807, 2.05) is 6.92 Å². The van der Waals surface area contributed by atoms with Gasteiger partial charge in [0.15, 0.2) is 0 Å². The molecule has 1 amide bonds. The van der Waals surface area contributed by atoms with Crippen molar-refractivity contribution in [3.05, 3.63) is 33.3 Å². The van der Waals surface area contributed by atoms with E-state index in [9.17, 15) is 4.79 Å². The molecule has 0 saturated carbocycles. The van der Waals surface area contributed by atoms with E-state index in [0.29, 0.717) is 23.7 Å².